The van der Waals surface area contributed by atoms with Gasteiger partial charge in [-0.3, -0.25) is 0 Å². The molecule has 0 spiro atoms. The van der Waals surface area contributed by atoms with Crippen molar-refractivity contribution in [3.8, 4) is 11.8 Å². The maximum Gasteiger partial charge on any atom is 0.321 e. The first-order chi connectivity index (χ1) is 14.9. The summed E-state index contributed by atoms with van der Waals surface area (Å²) in [7, 11) is 1.83. The number of rotatable bonds is 5. The number of ether oxygens (including phenoxy) is 1. The lowest BCUT2D eigenvalue weighted by atomic mass is 9.92. The fraction of sp³-hybridized carbons (Fsp3) is 0.409. The van der Waals surface area contributed by atoms with Crippen LogP contribution in [0.15, 0.2) is 36.5 Å². The summed E-state index contributed by atoms with van der Waals surface area (Å²) in [6.07, 6.45) is 4.15. The zero-order chi connectivity index (χ0) is 21.5. The lowest BCUT2D eigenvalue weighted by molar-refractivity contribution is 0.376. The summed E-state index contributed by atoms with van der Waals surface area (Å²) in [4.78, 5) is 11.1. The molecule has 1 unspecified atom stereocenters. The first-order valence-electron chi connectivity index (χ1n) is 10.4. The molecule has 2 fully saturated rings. The number of hydrogen-bond donors (Lipinski definition) is 1. The van der Waals surface area contributed by atoms with Gasteiger partial charge in [0.2, 0.25) is 5.95 Å². The van der Waals surface area contributed by atoms with E-state index in [4.69, 9.17) is 27.9 Å². The van der Waals surface area contributed by atoms with E-state index in [2.05, 4.69) is 25.3 Å². The Bertz CT molecular complexity index is 1070. The van der Waals surface area contributed by atoms with Crippen LogP contribution in [0.1, 0.15) is 18.4 Å². The first-order valence-corrected chi connectivity index (χ1v) is 11.2. The van der Waals surface area contributed by atoms with Crippen LogP contribution < -0.4 is 15.0 Å². The molecule has 31 heavy (non-hydrogen) atoms. The second kappa shape index (κ2) is 8.20. The third-order valence-electron chi connectivity index (χ3n) is 6.15. The van der Waals surface area contributed by atoms with Gasteiger partial charge in [-0.1, -0.05) is 23.2 Å². The lowest BCUT2D eigenvalue weighted by Gasteiger charge is -2.39. The number of aryl methyl sites for hydroxylation is 2. The second-order valence-corrected chi connectivity index (χ2v) is 9.24. The highest BCUT2D eigenvalue weighted by Crippen LogP contribution is 2.40. The molecule has 2 aliphatic rings. The Morgan fingerprint density at radius 3 is 2.58 bits per heavy atom. The molecule has 3 atom stereocenters. The molecule has 2 bridgehead atoms. The number of halogens is 2. The number of nitrogens with zero attached hydrogens (tertiary/aromatic N) is 5. The molecule has 0 radical (unpaired) electrons. The molecule has 9 heteroatoms. The first kappa shape index (κ1) is 20.4. The number of pyridine rings is 1. The van der Waals surface area contributed by atoms with E-state index in [-0.39, 0.29) is 0 Å². The van der Waals surface area contributed by atoms with Crippen molar-refractivity contribution in [3.05, 3.63) is 52.3 Å². The van der Waals surface area contributed by atoms with Gasteiger partial charge in [-0.25, -0.2) is 9.67 Å². The van der Waals surface area contributed by atoms with E-state index >= 15 is 0 Å². The van der Waals surface area contributed by atoms with E-state index in [1.54, 1.807) is 16.9 Å². The average Bonchev–Trinajstić information content (AvgIpc) is 3.15. The van der Waals surface area contributed by atoms with Gasteiger partial charge in [0.1, 0.15) is 10.9 Å². The summed E-state index contributed by atoms with van der Waals surface area (Å²) in [5.41, 5.74) is 2.17. The zero-order valence-electron chi connectivity index (χ0n) is 17.4. The van der Waals surface area contributed by atoms with Gasteiger partial charge in [-0.15, -0.1) is 5.10 Å². The summed E-state index contributed by atoms with van der Waals surface area (Å²) in [6.45, 7) is 3.93. The van der Waals surface area contributed by atoms with Gasteiger partial charge in [-0.05, 0) is 67.5 Å². The summed E-state index contributed by atoms with van der Waals surface area (Å²) >= 11 is 12.2. The third-order valence-corrected chi connectivity index (χ3v) is 6.58. The predicted octanol–water partition coefficient (Wildman–Crippen LogP) is 4.94. The molecule has 5 rings (SSSR count). The number of benzene rings is 1. The highest BCUT2D eigenvalue weighted by molar-refractivity contribution is 6.30. The van der Waals surface area contributed by atoms with Gasteiger partial charge in [0.05, 0.1) is 0 Å². The van der Waals surface area contributed by atoms with E-state index in [1.165, 1.54) is 12.8 Å². The Morgan fingerprint density at radius 2 is 1.87 bits per heavy atom. The molecular formula is C22H24Cl2N6O. The average molecular weight is 459 g/mol. The topological polar surface area (TPSA) is 68.1 Å². The molecule has 1 aromatic carbocycles. The van der Waals surface area contributed by atoms with Crippen LogP contribution >= 0.6 is 23.2 Å². The van der Waals surface area contributed by atoms with E-state index in [9.17, 15) is 0 Å². The Balaban J connectivity index is 1.28. The molecule has 1 N–H and O–H groups in total. The van der Waals surface area contributed by atoms with Crippen LogP contribution in [-0.2, 0) is 7.05 Å². The van der Waals surface area contributed by atoms with Gasteiger partial charge in [0.15, 0.2) is 0 Å². The summed E-state index contributed by atoms with van der Waals surface area (Å²) in [5.74, 6) is 2.29. The monoisotopic (exact) mass is 458 g/mol. The Labute approximate surface area is 191 Å². The standard InChI is InChI=1S/C22H24Cl2N6O/c1-13-7-16(23)9-18(8-13)31-22-27-21(28-29(22)2)26-20-14-3-4-15(20)12-30(11-14)17-5-6-25-19(24)10-17/h5-10,14-15,20H,3-4,11-12H2,1-2H3,(H,26,28)/t14-,15+,20?. The van der Waals surface area contributed by atoms with Crippen LogP contribution in [0, 0.1) is 18.8 Å². The minimum Gasteiger partial charge on any atom is -0.424 e. The minimum atomic E-state index is 0.345. The zero-order valence-corrected chi connectivity index (χ0v) is 18.9. The van der Waals surface area contributed by atoms with Crippen LogP contribution in [0.4, 0.5) is 11.6 Å². The van der Waals surface area contributed by atoms with Gasteiger partial charge in [-0.2, -0.15) is 4.98 Å². The van der Waals surface area contributed by atoms with Crippen LogP contribution in [-0.4, -0.2) is 38.9 Å². The predicted molar refractivity (Wildman–Crippen MR) is 122 cm³/mol. The normalized spacial score (nSPS) is 22.6. The smallest absolute Gasteiger partial charge is 0.321 e. The van der Waals surface area contributed by atoms with Gasteiger partial charge < -0.3 is 15.0 Å². The fourth-order valence-electron chi connectivity index (χ4n) is 4.79. The van der Waals surface area contributed by atoms with Gasteiger partial charge in [0.25, 0.3) is 0 Å². The lowest BCUT2D eigenvalue weighted by Crippen LogP contribution is -2.48. The summed E-state index contributed by atoms with van der Waals surface area (Å²) in [6, 6.07) is 10.3. The number of nitrogens with one attached hydrogen (secondary N) is 1. The Morgan fingerprint density at radius 1 is 1.10 bits per heavy atom. The summed E-state index contributed by atoms with van der Waals surface area (Å²) in [5, 5.41) is 9.28. The van der Waals surface area contributed by atoms with Crippen molar-refractivity contribution >= 4 is 34.8 Å². The van der Waals surface area contributed by atoms with Gasteiger partial charge in [0, 0.05) is 43.1 Å². The number of anilines is 2. The van der Waals surface area contributed by atoms with Crippen molar-refractivity contribution in [1.82, 2.24) is 19.7 Å². The highest BCUT2D eigenvalue weighted by Gasteiger charge is 2.42. The third kappa shape index (κ3) is 4.29. The van der Waals surface area contributed by atoms with E-state index in [0.29, 0.717) is 45.8 Å². The van der Waals surface area contributed by atoms with Crippen LogP contribution in [0.5, 0.6) is 11.8 Å². The molecule has 2 aromatic heterocycles. The van der Waals surface area contributed by atoms with Crippen molar-refractivity contribution in [2.24, 2.45) is 18.9 Å². The maximum atomic E-state index is 6.14. The van der Waals surface area contributed by atoms with E-state index in [1.807, 2.05) is 38.2 Å². The SMILES string of the molecule is Cc1cc(Cl)cc(Oc2nc(NC3[C@@H]4CC[C@H]3CN(c3ccnc(Cl)c3)C4)nn2C)c1. The molecule has 1 aliphatic heterocycles. The number of hydrogen-bond acceptors (Lipinski definition) is 6. The number of piperidine rings is 1. The molecular weight excluding hydrogens is 435 g/mol. The molecule has 7 nitrogen and oxygen atoms in total. The van der Waals surface area contributed by atoms with Crippen molar-refractivity contribution in [1.29, 1.82) is 0 Å². The molecule has 1 saturated heterocycles. The Kier molecular flexibility index (Phi) is 5.40. The number of aromatic nitrogens is 4. The maximum absolute atomic E-state index is 6.14. The molecule has 0 amide bonds. The van der Waals surface area contributed by atoms with Crippen LogP contribution in [0.2, 0.25) is 10.2 Å². The van der Waals surface area contributed by atoms with Crippen molar-refractivity contribution in [3.63, 3.8) is 0 Å². The van der Waals surface area contributed by atoms with E-state index < -0.39 is 0 Å². The molecule has 162 valence electrons. The van der Waals surface area contributed by atoms with Crippen molar-refractivity contribution in [2.75, 3.05) is 23.3 Å². The van der Waals surface area contributed by atoms with E-state index in [0.717, 1.165) is 24.3 Å². The van der Waals surface area contributed by atoms with Crippen LogP contribution in [0.3, 0.4) is 0 Å². The van der Waals surface area contributed by atoms with Crippen LogP contribution in [0.25, 0.3) is 0 Å². The molecule has 1 aliphatic carbocycles. The van der Waals surface area contributed by atoms with Crippen molar-refractivity contribution in [2.45, 2.75) is 25.8 Å². The highest BCUT2D eigenvalue weighted by atomic mass is 35.5. The quantitative estimate of drug-likeness (QED) is 0.545. The van der Waals surface area contributed by atoms with Gasteiger partial charge >= 0.3 is 6.01 Å². The Hall–Kier alpha value is -2.51. The second-order valence-electron chi connectivity index (χ2n) is 8.42. The molecule has 1 saturated carbocycles. The number of fused-ring (bicyclic) bond motifs is 2. The molecule has 3 aromatic rings. The van der Waals surface area contributed by atoms with Crippen molar-refractivity contribution < 1.29 is 4.74 Å². The fourth-order valence-corrected chi connectivity index (χ4v) is 5.24. The largest absolute Gasteiger partial charge is 0.424 e. The minimum absolute atomic E-state index is 0.345. The molecule has 3 heterocycles. The summed E-state index contributed by atoms with van der Waals surface area (Å²) < 4.78 is 7.58.